The summed E-state index contributed by atoms with van der Waals surface area (Å²) in [4.78, 5) is 74.5. The van der Waals surface area contributed by atoms with Crippen molar-refractivity contribution in [1.29, 1.82) is 0 Å². The minimum absolute atomic E-state index is 0.0634. The Morgan fingerprint density at radius 3 is 1.57 bits per heavy atom. The SMILES string of the molecule is CC(C)C[C@@H]1NC(=O)[C@H](C(C)C)N(C)C(=O)[C@H](Cc2ccccc2)NC(=O)[C@H](CC(C)C)N(C)C(=O)[C@H](C(C)C)N(C)C1=O. The van der Waals surface area contributed by atoms with Crippen LogP contribution in [0.2, 0.25) is 0 Å². The minimum Gasteiger partial charge on any atom is -0.342 e. The van der Waals surface area contributed by atoms with Gasteiger partial charge >= 0.3 is 0 Å². The minimum atomic E-state index is -0.982. The van der Waals surface area contributed by atoms with E-state index < -0.39 is 47.9 Å². The molecule has 5 amide bonds. The molecule has 1 aliphatic heterocycles. The highest BCUT2D eigenvalue weighted by molar-refractivity contribution is 5.98. The van der Waals surface area contributed by atoms with Gasteiger partial charge in [0.1, 0.15) is 30.2 Å². The Balaban J connectivity index is 2.76. The fourth-order valence-corrected chi connectivity index (χ4v) is 6.11. The molecule has 1 fully saturated rings. The molecule has 0 unspecified atom stereocenters. The van der Waals surface area contributed by atoms with E-state index in [0.29, 0.717) is 12.8 Å². The van der Waals surface area contributed by atoms with Crippen LogP contribution in [0.15, 0.2) is 30.3 Å². The van der Waals surface area contributed by atoms with Gasteiger partial charge in [0.15, 0.2) is 0 Å². The second-order valence-corrected chi connectivity index (χ2v) is 13.8. The fourth-order valence-electron chi connectivity index (χ4n) is 6.11. The van der Waals surface area contributed by atoms with Gasteiger partial charge in [-0.1, -0.05) is 85.7 Å². The van der Waals surface area contributed by atoms with Crippen LogP contribution in [-0.2, 0) is 30.4 Å². The molecule has 5 atom stereocenters. The highest BCUT2D eigenvalue weighted by atomic mass is 16.2. The van der Waals surface area contributed by atoms with Gasteiger partial charge in [-0.2, -0.15) is 0 Å². The van der Waals surface area contributed by atoms with Gasteiger partial charge < -0.3 is 25.3 Å². The average molecular weight is 614 g/mol. The van der Waals surface area contributed by atoms with E-state index in [0.717, 1.165) is 5.56 Å². The Hall–Kier alpha value is -3.43. The number of amides is 5. The van der Waals surface area contributed by atoms with Gasteiger partial charge in [0.2, 0.25) is 29.5 Å². The van der Waals surface area contributed by atoms with Crippen LogP contribution >= 0.6 is 0 Å². The maximum absolute atomic E-state index is 14.2. The molecule has 2 rings (SSSR count). The van der Waals surface area contributed by atoms with Crippen molar-refractivity contribution in [2.24, 2.45) is 23.7 Å². The first kappa shape index (κ1) is 36.8. The van der Waals surface area contributed by atoms with Crippen molar-refractivity contribution in [2.45, 2.75) is 105 Å². The van der Waals surface area contributed by atoms with E-state index >= 15 is 0 Å². The summed E-state index contributed by atoms with van der Waals surface area (Å²) in [5, 5.41) is 5.90. The third-order valence-corrected chi connectivity index (χ3v) is 8.35. The van der Waals surface area contributed by atoms with Gasteiger partial charge in [0, 0.05) is 27.6 Å². The predicted molar refractivity (Wildman–Crippen MR) is 172 cm³/mol. The van der Waals surface area contributed by atoms with Crippen molar-refractivity contribution in [3.8, 4) is 0 Å². The molecule has 1 aromatic carbocycles. The first-order chi connectivity index (χ1) is 20.5. The molecule has 246 valence electrons. The summed E-state index contributed by atoms with van der Waals surface area (Å²) in [6.45, 7) is 15.3. The van der Waals surface area contributed by atoms with Gasteiger partial charge in [-0.25, -0.2) is 0 Å². The standard InChI is InChI=1S/C34H55N5O5/c1-20(2)17-25-32(42)39(11)29(23(7)8)34(44)37(9)27(18-21(3)4)30(40)35-26(19-24-15-13-12-14-16-24)33(43)38(10)28(22(5)6)31(41)36-25/h12-16,20-23,25-29H,17-19H2,1-11H3,(H,35,40)(H,36,41)/t25-,26-,27-,28-,29-/m0/s1. The highest BCUT2D eigenvalue weighted by Crippen LogP contribution is 2.22. The van der Waals surface area contributed by atoms with Crippen molar-refractivity contribution in [3.63, 3.8) is 0 Å². The number of carbonyl (C=O) groups excluding carboxylic acids is 5. The van der Waals surface area contributed by atoms with Crippen LogP contribution in [-0.4, -0.2) is 95.6 Å². The molecule has 2 N–H and O–H groups in total. The van der Waals surface area contributed by atoms with E-state index in [2.05, 4.69) is 10.6 Å². The zero-order valence-corrected chi connectivity index (χ0v) is 28.6. The first-order valence-corrected chi connectivity index (χ1v) is 15.9. The maximum Gasteiger partial charge on any atom is 0.246 e. The van der Waals surface area contributed by atoms with E-state index in [1.807, 2.05) is 85.7 Å². The number of hydrogen-bond acceptors (Lipinski definition) is 5. The third-order valence-electron chi connectivity index (χ3n) is 8.35. The van der Waals surface area contributed by atoms with Crippen molar-refractivity contribution >= 4 is 29.5 Å². The van der Waals surface area contributed by atoms with Crippen LogP contribution in [0.1, 0.15) is 73.8 Å². The molecule has 0 spiro atoms. The zero-order chi connectivity index (χ0) is 33.5. The van der Waals surface area contributed by atoms with Crippen LogP contribution in [0.5, 0.6) is 0 Å². The molecule has 0 aliphatic carbocycles. The summed E-state index contributed by atoms with van der Waals surface area (Å²) in [5.41, 5.74) is 0.844. The van der Waals surface area contributed by atoms with Gasteiger partial charge in [-0.3, -0.25) is 24.0 Å². The second kappa shape index (κ2) is 16.0. The Labute approximate surface area is 264 Å². The number of carbonyl (C=O) groups is 5. The van der Waals surface area contributed by atoms with E-state index in [1.54, 1.807) is 21.1 Å². The maximum atomic E-state index is 14.2. The Morgan fingerprint density at radius 1 is 0.591 bits per heavy atom. The highest BCUT2D eigenvalue weighted by Gasteiger charge is 2.42. The number of nitrogens with zero attached hydrogens (tertiary/aromatic N) is 3. The third kappa shape index (κ3) is 9.29. The number of hydrogen-bond donors (Lipinski definition) is 2. The number of likely N-dealkylation sites (N-methyl/N-ethyl adjacent to an activating group) is 3. The molecule has 0 radical (unpaired) electrons. The van der Waals surface area contributed by atoms with E-state index in [-0.39, 0.29) is 41.9 Å². The largest absolute Gasteiger partial charge is 0.342 e. The fraction of sp³-hybridized carbons (Fsp3) is 0.676. The average Bonchev–Trinajstić information content (AvgIpc) is 2.93. The lowest BCUT2D eigenvalue weighted by Crippen LogP contribution is -2.60. The lowest BCUT2D eigenvalue weighted by molar-refractivity contribution is -0.151. The van der Waals surface area contributed by atoms with Gasteiger partial charge in [0.25, 0.3) is 0 Å². The summed E-state index contributed by atoms with van der Waals surface area (Å²) < 4.78 is 0. The van der Waals surface area contributed by atoms with Crippen LogP contribution in [0, 0.1) is 23.7 Å². The molecular weight excluding hydrogens is 558 g/mol. The zero-order valence-electron chi connectivity index (χ0n) is 28.6. The van der Waals surface area contributed by atoms with Crippen LogP contribution in [0.4, 0.5) is 0 Å². The summed E-state index contributed by atoms with van der Waals surface area (Å²) in [6, 6.07) is 4.86. The predicted octanol–water partition coefficient (Wildman–Crippen LogP) is 3.10. The van der Waals surface area contributed by atoms with Crippen LogP contribution in [0.3, 0.4) is 0 Å². The van der Waals surface area contributed by atoms with Crippen LogP contribution in [0.25, 0.3) is 0 Å². The lowest BCUT2D eigenvalue weighted by Gasteiger charge is -2.38. The molecule has 1 aliphatic rings. The quantitative estimate of drug-likeness (QED) is 0.467. The summed E-state index contributed by atoms with van der Waals surface area (Å²) in [7, 11) is 4.73. The Morgan fingerprint density at radius 2 is 1.07 bits per heavy atom. The van der Waals surface area contributed by atoms with Gasteiger partial charge in [-0.05, 0) is 42.1 Å². The van der Waals surface area contributed by atoms with E-state index in [1.165, 1.54) is 14.7 Å². The number of nitrogens with one attached hydrogen (secondary N) is 2. The molecular formula is C34H55N5O5. The molecule has 1 aromatic rings. The normalized spacial score (nSPS) is 25.1. The van der Waals surface area contributed by atoms with Crippen molar-refractivity contribution in [1.82, 2.24) is 25.3 Å². The van der Waals surface area contributed by atoms with E-state index in [4.69, 9.17) is 0 Å². The smallest absolute Gasteiger partial charge is 0.246 e. The second-order valence-electron chi connectivity index (χ2n) is 13.8. The molecule has 0 aromatic heterocycles. The topological polar surface area (TPSA) is 119 Å². The number of benzene rings is 1. The monoisotopic (exact) mass is 613 g/mol. The molecule has 1 heterocycles. The van der Waals surface area contributed by atoms with Gasteiger partial charge in [-0.15, -0.1) is 0 Å². The lowest BCUT2D eigenvalue weighted by atomic mass is 9.95. The Bertz CT molecular complexity index is 1150. The number of rotatable bonds is 8. The summed E-state index contributed by atoms with van der Waals surface area (Å²) >= 11 is 0. The molecule has 10 heteroatoms. The molecule has 10 nitrogen and oxygen atoms in total. The molecule has 1 saturated heterocycles. The molecule has 0 bridgehead atoms. The summed E-state index contributed by atoms with van der Waals surface area (Å²) in [5.74, 6) is -2.51. The van der Waals surface area contributed by atoms with Crippen LogP contribution < -0.4 is 10.6 Å². The molecule has 44 heavy (non-hydrogen) atoms. The Kier molecular flexibility index (Phi) is 13.4. The molecule has 0 saturated carbocycles. The van der Waals surface area contributed by atoms with Gasteiger partial charge in [0.05, 0.1) is 0 Å². The first-order valence-electron chi connectivity index (χ1n) is 15.9. The van der Waals surface area contributed by atoms with E-state index in [9.17, 15) is 24.0 Å². The van der Waals surface area contributed by atoms with Crippen molar-refractivity contribution in [3.05, 3.63) is 35.9 Å². The van der Waals surface area contributed by atoms with Crippen molar-refractivity contribution < 1.29 is 24.0 Å². The summed E-state index contributed by atoms with van der Waals surface area (Å²) in [6.07, 6.45) is 0.933. The van der Waals surface area contributed by atoms with Crippen molar-refractivity contribution in [2.75, 3.05) is 21.1 Å².